The smallest absolute Gasteiger partial charge is 0.301 e. The summed E-state index contributed by atoms with van der Waals surface area (Å²) >= 11 is 0. The highest BCUT2D eigenvalue weighted by Gasteiger charge is 2.18. The van der Waals surface area contributed by atoms with Crippen molar-refractivity contribution in [2.75, 3.05) is 0 Å². The first-order valence-corrected chi connectivity index (χ1v) is 5.60. The lowest BCUT2D eigenvalue weighted by Gasteiger charge is -1.97. The molecule has 2 rings (SSSR count). The zero-order chi connectivity index (χ0) is 14.7. The third kappa shape index (κ3) is 2.86. The highest BCUT2D eigenvalue weighted by atomic mass is 16.6. The molecule has 0 aliphatic heterocycles. The van der Waals surface area contributed by atoms with Gasteiger partial charge in [-0.25, -0.2) is 4.79 Å². The Kier molecular flexibility index (Phi) is 3.56. The van der Waals surface area contributed by atoms with Gasteiger partial charge in [-0.2, -0.15) is 0 Å². The van der Waals surface area contributed by atoms with E-state index in [1.807, 2.05) is 4.98 Å². The maximum absolute atomic E-state index is 11.4. The molecule has 8 heteroatoms. The number of aromatic amines is 2. The number of H-pyrrole nitrogens is 2. The third-order valence-electron chi connectivity index (χ3n) is 2.46. The fourth-order valence-electron chi connectivity index (χ4n) is 1.62. The van der Waals surface area contributed by atoms with Crippen LogP contribution in [-0.4, -0.2) is 19.9 Å². The lowest BCUT2D eigenvalue weighted by molar-refractivity contribution is -0.386. The molecule has 0 aliphatic carbocycles. The molecule has 0 spiro atoms. The molecular formula is C12H10N4O4. The summed E-state index contributed by atoms with van der Waals surface area (Å²) in [6.07, 6.45) is 2.75. The number of hydrogen-bond acceptors (Lipinski definition) is 5. The summed E-state index contributed by atoms with van der Waals surface area (Å²) in [4.78, 5) is 40.8. The largest absolute Gasteiger partial charge is 0.357 e. The van der Waals surface area contributed by atoms with Crippen molar-refractivity contribution in [2.24, 2.45) is 0 Å². The van der Waals surface area contributed by atoms with Crippen LogP contribution < -0.4 is 11.2 Å². The van der Waals surface area contributed by atoms with Gasteiger partial charge < -0.3 is 4.98 Å². The number of hydrogen-bond donors (Lipinski definition) is 2. The van der Waals surface area contributed by atoms with E-state index in [-0.39, 0.29) is 5.69 Å². The van der Waals surface area contributed by atoms with Crippen LogP contribution in [0.15, 0.2) is 27.8 Å². The van der Waals surface area contributed by atoms with E-state index >= 15 is 0 Å². The molecule has 2 N–H and O–H groups in total. The van der Waals surface area contributed by atoms with Crippen molar-refractivity contribution in [1.29, 1.82) is 0 Å². The summed E-state index contributed by atoms with van der Waals surface area (Å²) in [6, 6.07) is 5.27. The summed E-state index contributed by atoms with van der Waals surface area (Å²) in [5.74, 6) is 0. The Morgan fingerprint density at radius 3 is 2.65 bits per heavy atom. The van der Waals surface area contributed by atoms with Crippen LogP contribution in [0.5, 0.6) is 0 Å². The summed E-state index contributed by atoms with van der Waals surface area (Å²) < 4.78 is 0. The summed E-state index contributed by atoms with van der Waals surface area (Å²) in [5.41, 5.74) is -1.41. The van der Waals surface area contributed by atoms with Gasteiger partial charge >= 0.3 is 16.9 Å². The van der Waals surface area contributed by atoms with E-state index in [1.165, 1.54) is 12.2 Å². The molecule has 2 heterocycles. The van der Waals surface area contributed by atoms with E-state index in [2.05, 4.69) is 9.97 Å². The molecule has 0 bridgehead atoms. The molecule has 20 heavy (non-hydrogen) atoms. The van der Waals surface area contributed by atoms with Gasteiger partial charge in [0.1, 0.15) is 5.69 Å². The van der Waals surface area contributed by atoms with Gasteiger partial charge in [-0.05, 0) is 31.2 Å². The van der Waals surface area contributed by atoms with Gasteiger partial charge in [0, 0.05) is 5.69 Å². The first-order chi connectivity index (χ1) is 9.47. The monoisotopic (exact) mass is 274 g/mol. The van der Waals surface area contributed by atoms with E-state index in [0.717, 1.165) is 5.69 Å². The van der Waals surface area contributed by atoms with Gasteiger partial charge in [0.2, 0.25) is 0 Å². The van der Waals surface area contributed by atoms with Crippen LogP contribution >= 0.6 is 0 Å². The molecule has 0 fully saturated rings. The highest BCUT2D eigenvalue weighted by Crippen LogP contribution is 2.11. The minimum atomic E-state index is -1.05. The van der Waals surface area contributed by atoms with Gasteiger partial charge in [0.25, 0.3) is 0 Å². The first kappa shape index (κ1) is 13.4. The Balaban J connectivity index is 2.51. The predicted octanol–water partition coefficient (Wildman–Crippen LogP) is 0.845. The van der Waals surface area contributed by atoms with Crippen molar-refractivity contribution in [3.8, 4) is 0 Å². The standard InChI is InChI=1S/C12H10N4O4/c1-7-3-2-4-8(13-7)5-6-9-10(16(19)20)11(17)15-12(18)14-9/h2-6H,1H3,(H2,14,15,17,18)/b6-5-. The van der Waals surface area contributed by atoms with E-state index in [0.29, 0.717) is 5.69 Å². The molecule has 102 valence electrons. The van der Waals surface area contributed by atoms with Crippen molar-refractivity contribution in [3.05, 3.63) is 66.2 Å². The highest BCUT2D eigenvalue weighted by molar-refractivity contribution is 5.70. The van der Waals surface area contributed by atoms with Crippen LogP contribution in [0.3, 0.4) is 0 Å². The predicted molar refractivity (Wildman–Crippen MR) is 72.2 cm³/mol. The maximum Gasteiger partial charge on any atom is 0.357 e. The second kappa shape index (κ2) is 5.31. The molecular weight excluding hydrogens is 264 g/mol. The number of nitro groups is 1. The lowest BCUT2D eigenvalue weighted by Crippen LogP contribution is -2.25. The minimum absolute atomic E-state index is 0.174. The normalized spacial score (nSPS) is 10.8. The van der Waals surface area contributed by atoms with Crippen LogP contribution in [0.2, 0.25) is 0 Å². The molecule has 0 saturated carbocycles. The molecule has 8 nitrogen and oxygen atoms in total. The third-order valence-corrected chi connectivity index (χ3v) is 2.46. The van der Waals surface area contributed by atoms with Crippen molar-refractivity contribution >= 4 is 17.8 Å². The zero-order valence-corrected chi connectivity index (χ0v) is 10.4. The summed E-state index contributed by atoms with van der Waals surface area (Å²) in [5, 5.41) is 10.8. The molecule has 0 unspecified atom stereocenters. The molecule has 0 radical (unpaired) electrons. The van der Waals surface area contributed by atoms with Crippen LogP contribution in [0, 0.1) is 17.0 Å². The summed E-state index contributed by atoms with van der Waals surface area (Å²) in [6.45, 7) is 1.80. The lowest BCUT2D eigenvalue weighted by atomic mass is 10.2. The van der Waals surface area contributed by atoms with Gasteiger partial charge in [-0.3, -0.25) is 24.9 Å². The Labute approximate surface area is 112 Å². The fourth-order valence-corrected chi connectivity index (χ4v) is 1.62. The van der Waals surface area contributed by atoms with Gasteiger partial charge in [-0.1, -0.05) is 6.07 Å². The number of nitrogens with one attached hydrogen (secondary N) is 2. The SMILES string of the molecule is Cc1cccc(/C=C\c2[nH]c(=O)[nH]c(=O)c2[N+](=O)[O-])n1. The molecule has 0 saturated heterocycles. The molecule has 0 aliphatic rings. The van der Waals surface area contributed by atoms with Crippen LogP contribution in [0.25, 0.3) is 12.2 Å². The number of nitrogens with zero attached hydrogens (tertiary/aromatic N) is 2. The van der Waals surface area contributed by atoms with Crippen molar-refractivity contribution in [1.82, 2.24) is 15.0 Å². The average molecular weight is 274 g/mol. The molecule has 0 atom stereocenters. The number of pyridine rings is 1. The Bertz CT molecular complexity index is 804. The van der Waals surface area contributed by atoms with Crippen molar-refractivity contribution in [3.63, 3.8) is 0 Å². The second-order valence-electron chi connectivity index (χ2n) is 3.96. The van der Waals surface area contributed by atoms with E-state index in [1.54, 1.807) is 25.1 Å². The van der Waals surface area contributed by atoms with E-state index < -0.39 is 21.9 Å². The number of aryl methyl sites for hydroxylation is 1. The molecule has 2 aromatic rings. The minimum Gasteiger partial charge on any atom is -0.301 e. The van der Waals surface area contributed by atoms with E-state index in [9.17, 15) is 19.7 Å². The van der Waals surface area contributed by atoms with Gasteiger partial charge in [-0.15, -0.1) is 0 Å². The van der Waals surface area contributed by atoms with E-state index in [4.69, 9.17) is 0 Å². The first-order valence-electron chi connectivity index (χ1n) is 5.60. The van der Waals surface area contributed by atoms with Crippen molar-refractivity contribution < 1.29 is 4.92 Å². The second-order valence-corrected chi connectivity index (χ2v) is 3.96. The zero-order valence-electron chi connectivity index (χ0n) is 10.4. The van der Waals surface area contributed by atoms with Gasteiger partial charge in [0.05, 0.1) is 10.6 Å². The summed E-state index contributed by atoms with van der Waals surface area (Å²) in [7, 11) is 0. The topological polar surface area (TPSA) is 122 Å². The Hall–Kier alpha value is -3.03. The fraction of sp³-hybridized carbons (Fsp3) is 0.0833. The number of aromatic nitrogens is 3. The maximum atomic E-state index is 11.4. The Morgan fingerprint density at radius 1 is 1.25 bits per heavy atom. The molecule has 0 amide bonds. The quantitative estimate of drug-likeness (QED) is 0.634. The van der Waals surface area contributed by atoms with Crippen molar-refractivity contribution in [2.45, 2.75) is 6.92 Å². The van der Waals surface area contributed by atoms with Crippen LogP contribution in [-0.2, 0) is 0 Å². The van der Waals surface area contributed by atoms with Crippen LogP contribution in [0.4, 0.5) is 5.69 Å². The van der Waals surface area contributed by atoms with Crippen LogP contribution in [0.1, 0.15) is 17.1 Å². The molecule has 0 aromatic carbocycles. The Morgan fingerprint density at radius 2 is 2.00 bits per heavy atom. The average Bonchev–Trinajstić information content (AvgIpc) is 2.35. The molecule has 2 aromatic heterocycles. The van der Waals surface area contributed by atoms with Gasteiger partial charge in [0.15, 0.2) is 0 Å². The number of rotatable bonds is 3.